The van der Waals surface area contributed by atoms with Gasteiger partial charge in [-0.25, -0.2) is 4.98 Å². The Morgan fingerprint density at radius 2 is 1.80 bits per heavy atom. The summed E-state index contributed by atoms with van der Waals surface area (Å²) >= 11 is 0. The highest BCUT2D eigenvalue weighted by atomic mass is 16.6. The van der Waals surface area contributed by atoms with Crippen LogP contribution in [-0.2, 0) is 4.79 Å². The van der Waals surface area contributed by atoms with Crippen molar-refractivity contribution in [1.82, 2.24) is 14.9 Å². The van der Waals surface area contributed by atoms with Gasteiger partial charge in [0.2, 0.25) is 6.10 Å². The maximum absolute atomic E-state index is 12.9. The van der Waals surface area contributed by atoms with Gasteiger partial charge >= 0.3 is 0 Å². The molecule has 0 saturated carbocycles. The van der Waals surface area contributed by atoms with Crippen molar-refractivity contribution in [2.45, 2.75) is 19.1 Å². The zero-order valence-corrected chi connectivity index (χ0v) is 14.0. The minimum Gasteiger partial charge on any atom is -0.482 e. The SMILES string of the molecule is C[C@@H]1Oc2ccccc2O[C@H]1C(=O)N1CCN(c2cnccn2)CC1. The molecule has 0 unspecified atom stereocenters. The van der Waals surface area contributed by atoms with Crippen LogP contribution < -0.4 is 14.4 Å². The highest BCUT2D eigenvalue weighted by Gasteiger charge is 2.37. The van der Waals surface area contributed by atoms with E-state index in [9.17, 15) is 4.79 Å². The van der Waals surface area contributed by atoms with Crippen LogP contribution in [0.4, 0.5) is 5.82 Å². The summed E-state index contributed by atoms with van der Waals surface area (Å²) in [6, 6.07) is 7.45. The highest BCUT2D eigenvalue weighted by Crippen LogP contribution is 2.34. The molecule has 7 heteroatoms. The Morgan fingerprint density at radius 3 is 2.48 bits per heavy atom. The number of ether oxygens (including phenoxy) is 2. The number of anilines is 1. The van der Waals surface area contributed by atoms with Crippen LogP contribution in [0.3, 0.4) is 0 Å². The maximum Gasteiger partial charge on any atom is 0.267 e. The Labute approximate surface area is 146 Å². The molecule has 0 radical (unpaired) electrons. The first-order chi connectivity index (χ1) is 12.2. The first-order valence-electron chi connectivity index (χ1n) is 8.44. The van der Waals surface area contributed by atoms with Crippen LogP contribution in [0.15, 0.2) is 42.9 Å². The van der Waals surface area contributed by atoms with Gasteiger partial charge in [0, 0.05) is 38.6 Å². The summed E-state index contributed by atoms with van der Waals surface area (Å²) in [4.78, 5) is 25.3. The molecule has 130 valence electrons. The van der Waals surface area contributed by atoms with Crippen LogP contribution in [-0.4, -0.2) is 59.2 Å². The summed E-state index contributed by atoms with van der Waals surface area (Å²) in [6.07, 6.45) is 4.15. The van der Waals surface area contributed by atoms with Crippen LogP contribution in [0.25, 0.3) is 0 Å². The average molecular weight is 340 g/mol. The molecule has 1 aromatic heterocycles. The third-order valence-corrected chi connectivity index (χ3v) is 4.55. The van der Waals surface area contributed by atoms with E-state index in [-0.39, 0.29) is 12.0 Å². The lowest BCUT2D eigenvalue weighted by Crippen LogP contribution is -2.56. The van der Waals surface area contributed by atoms with Gasteiger partial charge in [-0.1, -0.05) is 12.1 Å². The van der Waals surface area contributed by atoms with Gasteiger partial charge in [-0.3, -0.25) is 9.78 Å². The number of nitrogens with zero attached hydrogens (tertiary/aromatic N) is 4. The zero-order chi connectivity index (χ0) is 17.2. The standard InChI is InChI=1S/C18H20N4O3/c1-13-17(25-15-5-3-2-4-14(15)24-13)18(23)22-10-8-21(9-11-22)16-12-19-6-7-20-16/h2-7,12-13,17H,8-11H2,1H3/t13-,17+/m0/s1. The second-order valence-corrected chi connectivity index (χ2v) is 6.18. The van der Waals surface area contributed by atoms with Gasteiger partial charge in [-0.05, 0) is 19.1 Å². The molecule has 2 aromatic rings. The summed E-state index contributed by atoms with van der Waals surface area (Å²) in [6.45, 7) is 4.58. The second kappa shape index (κ2) is 6.58. The average Bonchev–Trinajstić information content (AvgIpc) is 2.68. The number of aromatic nitrogens is 2. The molecule has 0 aliphatic carbocycles. The monoisotopic (exact) mass is 340 g/mol. The van der Waals surface area contributed by atoms with Crippen molar-refractivity contribution in [3.63, 3.8) is 0 Å². The van der Waals surface area contributed by atoms with Gasteiger partial charge in [-0.2, -0.15) is 0 Å². The number of piperazine rings is 1. The largest absolute Gasteiger partial charge is 0.482 e. The van der Waals surface area contributed by atoms with E-state index in [1.165, 1.54) is 0 Å². The first kappa shape index (κ1) is 15.7. The van der Waals surface area contributed by atoms with Crippen LogP contribution in [0.5, 0.6) is 11.5 Å². The van der Waals surface area contributed by atoms with Crippen molar-refractivity contribution < 1.29 is 14.3 Å². The third-order valence-electron chi connectivity index (χ3n) is 4.55. The number of hydrogen-bond acceptors (Lipinski definition) is 6. The number of benzene rings is 1. The quantitative estimate of drug-likeness (QED) is 0.822. The van der Waals surface area contributed by atoms with E-state index < -0.39 is 6.10 Å². The normalized spacial score (nSPS) is 22.6. The van der Waals surface area contributed by atoms with Gasteiger partial charge in [0.1, 0.15) is 11.9 Å². The molecule has 1 fully saturated rings. The molecule has 2 aliphatic heterocycles. The summed E-state index contributed by atoms with van der Waals surface area (Å²) in [5.41, 5.74) is 0. The second-order valence-electron chi connectivity index (χ2n) is 6.18. The zero-order valence-electron chi connectivity index (χ0n) is 14.0. The topological polar surface area (TPSA) is 67.8 Å². The first-order valence-corrected chi connectivity index (χ1v) is 8.44. The molecule has 0 bridgehead atoms. The minimum atomic E-state index is -0.613. The van der Waals surface area contributed by atoms with Crippen LogP contribution in [0.1, 0.15) is 6.92 Å². The van der Waals surface area contributed by atoms with Gasteiger partial charge in [-0.15, -0.1) is 0 Å². The molecule has 1 aromatic carbocycles. The Hall–Kier alpha value is -2.83. The number of carbonyl (C=O) groups is 1. The van der Waals surface area contributed by atoms with E-state index in [4.69, 9.17) is 9.47 Å². The number of hydrogen-bond donors (Lipinski definition) is 0. The van der Waals surface area contributed by atoms with E-state index >= 15 is 0 Å². The fourth-order valence-electron chi connectivity index (χ4n) is 3.18. The van der Waals surface area contributed by atoms with Crippen molar-refractivity contribution in [3.8, 4) is 11.5 Å². The summed E-state index contributed by atoms with van der Waals surface area (Å²) in [7, 11) is 0. The molecule has 0 spiro atoms. The van der Waals surface area contributed by atoms with E-state index in [2.05, 4.69) is 14.9 Å². The molecular weight excluding hydrogens is 320 g/mol. The lowest BCUT2D eigenvalue weighted by Gasteiger charge is -2.39. The summed E-state index contributed by atoms with van der Waals surface area (Å²) < 4.78 is 11.8. The van der Waals surface area contributed by atoms with Crippen molar-refractivity contribution in [2.75, 3.05) is 31.1 Å². The van der Waals surface area contributed by atoms with Crippen LogP contribution in [0.2, 0.25) is 0 Å². The van der Waals surface area contributed by atoms with Crippen LogP contribution >= 0.6 is 0 Å². The van der Waals surface area contributed by atoms with E-state index in [1.54, 1.807) is 18.6 Å². The molecule has 1 amide bonds. The molecule has 3 heterocycles. The number of fused-ring (bicyclic) bond motifs is 1. The van der Waals surface area contributed by atoms with E-state index in [1.807, 2.05) is 36.1 Å². The van der Waals surface area contributed by atoms with Crippen molar-refractivity contribution >= 4 is 11.7 Å². The molecule has 4 rings (SSSR count). The minimum absolute atomic E-state index is 0.0270. The van der Waals surface area contributed by atoms with Gasteiger partial charge < -0.3 is 19.3 Å². The van der Waals surface area contributed by atoms with E-state index in [0.29, 0.717) is 24.6 Å². The third kappa shape index (κ3) is 3.09. The van der Waals surface area contributed by atoms with Crippen molar-refractivity contribution in [1.29, 1.82) is 0 Å². The van der Waals surface area contributed by atoms with Gasteiger partial charge in [0.05, 0.1) is 6.20 Å². The number of para-hydroxylation sites is 2. The fourth-order valence-corrected chi connectivity index (χ4v) is 3.18. The molecular formula is C18H20N4O3. The van der Waals surface area contributed by atoms with Crippen LogP contribution in [0, 0.1) is 0 Å². The lowest BCUT2D eigenvalue weighted by molar-refractivity contribution is -0.144. The molecule has 2 atom stereocenters. The van der Waals surface area contributed by atoms with Crippen molar-refractivity contribution in [2.24, 2.45) is 0 Å². The number of carbonyl (C=O) groups excluding carboxylic acids is 1. The predicted octanol–water partition coefficient (Wildman–Crippen LogP) is 1.35. The van der Waals surface area contributed by atoms with Gasteiger partial charge in [0.15, 0.2) is 11.5 Å². The molecule has 1 saturated heterocycles. The highest BCUT2D eigenvalue weighted by molar-refractivity contribution is 5.82. The Morgan fingerprint density at radius 1 is 1.08 bits per heavy atom. The predicted molar refractivity (Wildman–Crippen MR) is 91.8 cm³/mol. The summed E-state index contributed by atoms with van der Waals surface area (Å²) in [5.74, 6) is 2.12. The smallest absolute Gasteiger partial charge is 0.267 e. The van der Waals surface area contributed by atoms with Crippen molar-refractivity contribution in [3.05, 3.63) is 42.9 Å². The summed E-state index contributed by atoms with van der Waals surface area (Å²) in [5, 5.41) is 0. The molecule has 2 aliphatic rings. The Kier molecular flexibility index (Phi) is 4.13. The molecule has 25 heavy (non-hydrogen) atoms. The Bertz CT molecular complexity index is 747. The number of amides is 1. The number of rotatable bonds is 2. The lowest BCUT2D eigenvalue weighted by atomic mass is 10.1. The van der Waals surface area contributed by atoms with E-state index in [0.717, 1.165) is 18.9 Å². The van der Waals surface area contributed by atoms with Gasteiger partial charge in [0.25, 0.3) is 5.91 Å². The Balaban J connectivity index is 1.41. The molecule has 0 N–H and O–H groups in total. The molecule has 7 nitrogen and oxygen atoms in total. The fraction of sp³-hybridized carbons (Fsp3) is 0.389. The maximum atomic E-state index is 12.9.